The molecule has 0 saturated heterocycles. The van der Waals surface area contributed by atoms with Gasteiger partial charge in [-0.25, -0.2) is 0 Å². The predicted octanol–water partition coefficient (Wildman–Crippen LogP) is 4.41. The van der Waals surface area contributed by atoms with Crippen molar-refractivity contribution < 1.29 is 14.4 Å². The van der Waals surface area contributed by atoms with E-state index in [9.17, 15) is 10.1 Å². The first kappa shape index (κ1) is 14.4. The molecule has 6 nitrogen and oxygen atoms in total. The minimum Gasteiger partial charge on any atom is -0.454 e. The second kappa shape index (κ2) is 5.70. The number of anilines is 1. The van der Waals surface area contributed by atoms with Crippen molar-refractivity contribution in [1.29, 1.82) is 0 Å². The van der Waals surface area contributed by atoms with Gasteiger partial charge < -0.3 is 14.8 Å². The molecule has 1 aliphatic heterocycles. The van der Waals surface area contributed by atoms with Crippen molar-refractivity contribution in [2.45, 2.75) is 6.54 Å². The molecule has 2 heterocycles. The van der Waals surface area contributed by atoms with E-state index in [1.807, 2.05) is 6.07 Å². The zero-order valence-electron chi connectivity index (χ0n) is 10.4. The molecule has 1 aliphatic rings. The van der Waals surface area contributed by atoms with E-state index in [2.05, 4.69) is 21.2 Å². The van der Waals surface area contributed by atoms with Gasteiger partial charge in [0.2, 0.25) is 6.79 Å². The van der Waals surface area contributed by atoms with Crippen molar-refractivity contribution in [2.75, 3.05) is 12.1 Å². The molecule has 1 N–H and O–H groups in total. The van der Waals surface area contributed by atoms with E-state index in [0.29, 0.717) is 28.1 Å². The van der Waals surface area contributed by atoms with Gasteiger partial charge in [-0.1, -0.05) is 11.6 Å². The highest BCUT2D eigenvalue weighted by Gasteiger charge is 2.23. The third-order valence-electron chi connectivity index (χ3n) is 2.84. The van der Waals surface area contributed by atoms with Crippen molar-refractivity contribution in [3.8, 4) is 11.5 Å². The first-order valence-corrected chi connectivity index (χ1v) is 7.79. The topological polar surface area (TPSA) is 73.6 Å². The molecular weight excluding hydrogens is 384 g/mol. The fourth-order valence-electron chi connectivity index (χ4n) is 1.88. The van der Waals surface area contributed by atoms with Crippen LogP contribution in [0, 0.1) is 10.1 Å². The van der Waals surface area contributed by atoms with Gasteiger partial charge >= 0.3 is 0 Å². The summed E-state index contributed by atoms with van der Waals surface area (Å²) >= 11 is 10.7. The predicted molar refractivity (Wildman–Crippen MR) is 83.6 cm³/mol. The van der Waals surface area contributed by atoms with Crippen LogP contribution in [0.2, 0.25) is 4.34 Å². The lowest BCUT2D eigenvalue weighted by molar-refractivity contribution is -0.384. The third kappa shape index (κ3) is 2.92. The maximum absolute atomic E-state index is 11.1. The highest BCUT2D eigenvalue weighted by molar-refractivity contribution is 9.10. The number of benzene rings is 1. The number of nitro benzene ring substituents is 1. The Balaban J connectivity index is 1.85. The van der Waals surface area contributed by atoms with E-state index in [0.717, 1.165) is 9.35 Å². The van der Waals surface area contributed by atoms with Crippen LogP contribution in [0.5, 0.6) is 11.5 Å². The second-order valence-corrected chi connectivity index (χ2v) is 6.76. The van der Waals surface area contributed by atoms with Crippen LogP contribution < -0.4 is 14.8 Å². The van der Waals surface area contributed by atoms with Gasteiger partial charge in [0.05, 0.1) is 11.0 Å². The number of ether oxygens (including phenoxy) is 2. The van der Waals surface area contributed by atoms with Crippen molar-refractivity contribution in [3.63, 3.8) is 0 Å². The van der Waals surface area contributed by atoms with E-state index in [1.165, 1.54) is 17.4 Å². The second-order valence-electron chi connectivity index (χ2n) is 4.17. The SMILES string of the molecule is O=[N+]([O-])c1cc2c(cc1NCc1cc(Br)c(Cl)s1)OCO2. The highest BCUT2D eigenvalue weighted by Crippen LogP contribution is 2.41. The fraction of sp³-hybridized carbons (Fsp3) is 0.167. The Labute approximate surface area is 136 Å². The van der Waals surface area contributed by atoms with Crippen LogP contribution in [0.25, 0.3) is 0 Å². The summed E-state index contributed by atoms with van der Waals surface area (Å²) in [7, 11) is 0. The molecule has 0 amide bonds. The number of rotatable bonds is 4. The average Bonchev–Trinajstić information content (AvgIpc) is 3.02. The largest absolute Gasteiger partial charge is 0.454 e. The summed E-state index contributed by atoms with van der Waals surface area (Å²) in [6.45, 7) is 0.500. The zero-order chi connectivity index (χ0) is 15.0. The van der Waals surface area contributed by atoms with Crippen LogP contribution in [0.15, 0.2) is 22.7 Å². The van der Waals surface area contributed by atoms with Crippen LogP contribution in [0.1, 0.15) is 4.88 Å². The summed E-state index contributed by atoms with van der Waals surface area (Å²) in [5, 5.41) is 14.2. The van der Waals surface area contributed by atoms with Crippen LogP contribution in [-0.2, 0) is 6.54 Å². The van der Waals surface area contributed by atoms with Gasteiger partial charge in [-0.05, 0) is 22.0 Å². The number of hydrogen-bond acceptors (Lipinski definition) is 6. The number of nitro groups is 1. The summed E-state index contributed by atoms with van der Waals surface area (Å²) in [5.74, 6) is 0.877. The van der Waals surface area contributed by atoms with Gasteiger partial charge in [-0.15, -0.1) is 11.3 Å². The molecule has 0 bridgehead atoms. The molecular formula is C12H8BrClN2O4S. The van der Waals surface area contributed by atoms with Gasteiger partial charge in [0, 0.05) is 22.0 Å². The molecule has 0 fully saturated rings. The molecule has 3 rings (SSSR count). The average molecular weight is 392 g/mol. The molecule has 1 aromatic heterocycles. The number of nitrogens with one attached hydrogen (secondary N) is 1. The van der Waals surface area contributed by atoms with E-state index in [4.69, 9.17) is 21.1 Å². The number of hydrogen-bond donors (Lipinski definition) is 1. The van der Waals surface area contributed by atoms with Crippen LogP contribution in [-0.4, -0.2) is 11.7 Å². The van der Waals surface area contributed by atoms with Crippen molar-refractivity contribution in [2.24, 2.45) is 0 Å². The third-order valence-corrected chi connectivity index (χ3v) is 5.31. The molecule has 0 atom stereocenters. The lowest BCUT2D eigenvalue weighted by Gasteiger charge is -2.07. The van der Waals surface area contributed by atoms with Crippen LogP contribution in [0.4, 0.5) is 11.4 Å². The maximum atomic E-state index is 11.1. The summed E-state index contributed by atoms with van der Waals surface area (Å²) in [6.07, 6.45) is 0. The van der Waals surface area contributed by atoms with Gasteiger partial charge in [-0.2, -0.15) is 0 Å². The highest BCUT2D eigenvalue weighted by atomic mass is 79.9. The summed E-state index contributed by atoms with van der Waals surface area (Å²) in [6, 6.07) is 4.81. The normalized spacial score (nSPS) is 12.5. The molecule has 0 saturated carbocycles. The van der Waals surface area contributed by atoms with E-state index in [1.54, 1.807) is 6.07 Å². The zero-order valence-corrected chi connectivity index (χ0v) is 13.5. The molecule has 1 aromatic carbocycles. The Morgan fingerprint density at radius 1 is 1.38 bits per heavy atom. The minimum atomic E-state index is -0.457. The first-order chi connectivity index (χ1) is 10.0. The molecule has 0 spiro atoms. The monoisotopic (exact) mass is 390 g/mol. The van der Waals surface area contributed by atoms with Gasteiger partial charge in [0.15, 0.2) is 11.5 Å². The first-order valence-electron chi connectivity index (χ1n) is 5.80. The minimum absolute atomic E-state index is 0.0547. The molecule has 0 radical (unpaired) electrons. The van der Waals surface area contributed by atoms with Crippen LogP contribution >= 0.6 is 38.9 Å². The Bertz CT molecular complexity index is 702. The summed E-state index contributed by atoms with van der Waals surface area (Å²) < 4.78 is 11.8. The van der Waals surface area contributed by atoms with Crippen molar-refractivity contribution >= 4 is 50.2 Å². The molecule has 0 aliphatic carbocycles. The lowest BCUT2D eigenvalue weighted by atomic mass is 10.2. The van der Waals surface area contributed by atoms with Gasteiger partial charge in [0.1, 0.15) is 10.0 Å². The Morgan fingerprint density at radius 2 is 2.10 bits per heavy atom. The number of halogens is 2. The molecule has 9 heteroatoms. The molecule has 0 unspecified atom stereocenters. The van der Waals surface area contributed by atoms with Gasteiger partial charge in [0.25, 0.3) is 5.69 Å². The van der Waals surface area contributed by atoms with Crippen molar-refractivity contribution in [3.05, 3.63) is 42.0 Å². The van der Waals surface area contributed by atoms with E-state index >= 15 is 0 Å². The molecule has 110 valence electrons. The van der Waals surface area contributed by atoms with Crippen molar-refractivity contribution in [1.82, 2.24) is 0 Å². The van der Waals surface area contributed by atoms with E-state index in [-0.39, 0.29) is 12.5 Å². The lowest BCUT2D eigenvalue weighted by Crippen LogP contribution is -2.01. The standard InChI is InChI=1S/C12H8BrClN2O4S/c13-7-1-6(21-12(7)14)4-15-8-2-10-11(20-5-19-10)3-9(8)16(17)18/h1-3,15H,4-5H2. The Morgan fingerprint density at radius 3 is 2.71 bits per heavy atom. The quantitative estimate of drug-likeness (QED) is 0.617. The van der Waals surface area contributed by atoms with Crippen LogP contribution in [0.3, 0.4) is 0 Å². The molecule has 2 aromatic rings. The fourth-order valence-corrected chi connectivity index (χ4v) is 3.61. The number of thiophene rings is 1. The maximum Gasteiger partial charge on any atom is 0.296 e. The van der Waals surface area contributed by atoms with Gasteiger partial charge in [-0.3, -0.25) is 10.1 Å². The Kier molecular flexibility index (Phi) is 3.92. The molecule has 21 heavy (non-hydrogen) atoms. The smallest absolute Gasteiger partial charge is 0.296 e. The number of nitrogens with zero attached hydrogens (tertiary/aromatic N) is 1. The van der Waals surface area contributed by atoms with E-state index < -0.39 is 4.92 Å². The summed E-state index contributed by atoms with van der Waals surface area (Å²) in [5.41, 5.74) is 0.325. The number of fused-ring (bicyclic) bond motifs is 1. The Hall–Kier alpha value is -1.51. The summed E-state index contributed by atoms with van der Waals surface area (Å²) in [4.78, 5) is 11.6.